The topological polar surface area (TPSA) is 80.4 Å². The van der Waals surface area contributed by atoms with Gasteiger partial charge in [-0.15, -0.1) is 0 Å². The molecule has 0 bridgehead atoms. The van der Waals surface area contributed by atoms with Gasteiger partial charge in [-0.25, -0.2) is 9.98 Å². The zero-order valence-corrected chi connectivity index (χ0v) is 13.6. The maximum Gasteiger partial charge on any atom is 0.213 e. The number of carbonyl (C=O) groups excluding carboxylic acids is 1. The molecule has 6 heteroatoms. The van der Waals surface area contributed by atoms with Gasteiger partial charge in [0, 0.05) is 15.4 Å². The van der Waals surface area contributed by atoms with Crippen LogP contribution in [0.3, 0.4) is 0 Å². The van der Waals surface area contributed by atoms with Crippen LogP contribution in [0.2, 0.25) is 0 Å². The molecule has 0 radical (unpaired) electrons. The summed E-state index contributed by atoms with van der Waals surface area (Å²) in [6, 6.07) is 17.4. The lowest BCUT2D eigenvalue weighted by atomic mass is 10.1. The van der Waals surface area contributed by atoms with Gasteiger partial charge in [-0.2, -0.15) is 0 Å². The van der Waals surface area contributed by atoms with Gasteiger partial charge in [0.25, 0.3) is 0 Å². The van der Waals surface area contributed by atoms with Crippen LogP contribution in [0.15, 0.2) is 64.1 Å². The molecule has 23 heavy (non-hydrogen) atoms. The molecule has 0 fully saturated rings. The Bertz CT molecular complexity index is 891. The summed E-state index contributed by atoms with van der Waals surface area (Å²) in [5, 5.41) is 3.21. The van der Waals surface area contributed by atoms with E-state index in [1.165, 1.54) is 0 Å². The first-order valence-corrected chi connectivity index (χ1v) is 7.67. The Labute approximate surface area is 141 Å². The molecule has 0 atom stereocenters. The number of carbonyl (C=O) groups is 1. The van der Waals surface area contributed by atoms with Crippen molar-refractivity contribution in [3.8, 4) is 11.3 Å². The molecular weight excluding hydrogens is 356 g/mol. The van der Waals surface area contributed by atoms with E-state index in [0.717, 1.165) is 26.6 Å². The van der Waals surface area contributed by atoms with Crippen molar-refractivity contribution in [3.63, 3.8) is 0 Å². The van der Waals surface area contributed by atoms with E-state index in [0.29, 0.717) is 12.1 Å². The number of nitrogens with zero attached hydrogens (tertiary/aromatic N) is 2. The Balaban J connectivity index is 2.19. The molecule has 1 amide bonds. The summed E-state index contributed by atoms with van der Waals surface area (Å²) in [6.45, 7) is 0. The number of para-hydroxylation sites is 1. The Morgan fingerprint density at radius 1 is 1.17 bits per heavy atom. The van der Waals surface area contributed by atoms with Gasteiger partial charge in [-0.05, 0) is 24.3 Å². The third-order valence-electron chi connectivity index (χ3n) is 3.28. The summed E-state index contributed by atoms with van der Waals surface area (Å²) < 4.78 is 1.000. The molecule has 114 valence electrons. The van der Waals surface area contributed by atoms with Gasteiger partial charge >= 0.3 is 0 Å². The monoisotopic (exact) mass is 368 g/mol. The van der Waals surface area contributed by atoms with Gasteiger partial charge in [0.1, 0.15) is 0 Å². The number of hydrogen-bond acceptors (Lipinski definition) is 3. The van der Waals surface area contributed by atoms with Crippen LogP contribution in [0.1, 0.15) is 0 Å². The Kier molecular flexibility index (Phi) is 4.34. The predicted molar refractivity (Wildman–Crippen MR) is 95.4 cm³/mol. The number of fused-ring (bicyclic) bond motifs is 1. The number of halogens is 1. The number of hydrogen-bond donors (Lipinski definition) is 2. The molecule has 0 unspecified atom stereocenters. The molecule has 3 aromatic rings. The van der Waals surface area contributed by atoms with Crippen molar-refractivity contribution in [2.24, 2.45) is 10.7 Å². The second kappa shape index (κ2) is 6.58. The normalized spacial score (nSPS) is 11.4. The number of nitrogens with two attached hydrogens (primary N) is 1. The summed E-state index contributed by atoms with van der Waals surface area (Å²) in [4.78, 5) is 19.5. The van der Waals surface area contributed by atoms with Crippen molar-refractivity contribution < 1.29 is 4.79 Å². The van der Waals surface area contributed by atoms with Crippen LogP contribution in [0.4, 0.5) is 5.69 Å². The number of aliphatic imine (C=N–C) groups is 1. The van der Waals surface area contributed by atoms with E-state index in [9.17, 15) is 4.79 Å². The van der Waals surface area contributed by atoms with Crippen LogP contribution < -0.4 is 11.1 Å². The summed E-state index contributed by atoms with van der Waals surface area (Å²) >= 11 is 3.42. The fourth-order valence-corrected chi connectivity index (χ4v) is 2.50. The second-order valence-corrected chi connectivity index (χ2v) is 5.73. The number of rotatable bonds is 3. The summed E-state index contributed by atoms with van der Waals surface area (Å²) in [5.41, 5.74) is 8.92. The molecule has 0 spiro atoms. The molecular formula is C17H13BrN4O. The largest absolute Gasteiger partial charge is 0.369 e. The molecule has 5 nitrogen and oxygen atoms in total. The minimum absolute atomic E-state index is 0.0399. The first-order valence-electron chi connectivity index (χ1n) is 6.87. The third-order valence-corrected chi connectivity index (χ3v) is 3.81. The predicted octanol–water partition coefficient (Wildman–Crippen LogP) is 3.36. The SMILES string of the molecule is NC(=Nc1cc(-c2ccc(Br)cc2)nc2ccccc12)NC=O. The number of benzene rings is 2. The second-order valence-electron chi connectivity index (χ2n) is 4.81. The van der Waals surface area contributed by atoms with Gasteiger partial charge in [0.05, 0.1) is 16.9 Å². The van der Waals surface area contributed by atoms with Crippen molar-refractivity contribution >= 4 is 44.9 Å². The minimum atomic E-state index is 0.0399. The van der Waals surface area contributed by atoms with Crippen molar-refractivity contribution in [3.05, 3.63) is 59.1 Å². The van der Waals surface area contributed by atoms with Gasteiger partial charge in [-0.1, -0.05) is 46.3 Å². The molecule has 0 saturated carbocycles. The number of nitrogens with one attached hydrogen (secondary N) is 1. The maximum absolute atomic E-state index is 10.5. The lowest BCUT2D eigenvalue weighted by Gasteiger charge is -2.08. The molecule has 0 aliphatic carbocycles. The van der Waals surface area contributed by atoms with Crippen LogP contribution >= 0.6 is 15.9 Å². The molecule has 0 aliphatic heterocycles. The standard InChI is InChI=1S/C17H13BrN4O/c18-12-7-5-11(6-8-12)15-9-16(22-17(19)20-10-23)13-3-1-2-4-14(13)21-15/h1-10H,(H3,19,20,21,22,23). The smallest absolute Gasteiger partial charge is 0.213 e. The molecule has 1 heterocycles. The maximum atomic E-state index is 10.5. The van der Waals surface area contributed by atoms with Crippen LogP contribution in [0.25, 0.3) is 22.2 Å². The van der Waals surface area contributed by atoms with Crippen molar-refractivity contribution in [2.75, 3.05) is 0 Å². The van der Waals surface area contributed by atoms with E-state index in [-0.39, 0.29) is 5.96 Å². The fourth-order valence-electron chi connectivity index (χ4n) is 2.24. The highest BCUT2D eigenvalue weighted by Gasteiger charge is 2.07. The quantitative estimate of drug-likeness (QED) is 0.422. The summed E-state index contributed by atoms with van der Waals surface area (Å²) in [5.74, 6) is 0.0399. The number of pyridine rings is 1. The van der Waals surface area contributed by atoms with Crippen LogP contribution in [0.5, 0.6) is 0 Å². The first kappa shape index (κ1) is 15.2. The summed E-state index contributed by atoms with van der Waals surface area (Å²) in [6.07, 6.45) is 0.498. The van der Waals surface area contributed by atoms with Gasteiger partial charge in [0.15, 0.2) is 5.96 Å². The van der Waals surface area contributed by atoms with Crippen molar-refractivity contribution in [2.45, 2.75) is 0 Å². The zero-order chi connectivity index (χ0) is 16.2. The zero-order valence-electron chi connectivity index (χ0n) is 12.0. The minimum Gasteiger partial charge on any atom is -0.369 e. The molecule has 0 aliphatic rings. The highest BCUT2D eigenvalue weighted by Crippen LogP contribution is 2.30. The number of amides is 1. The lowest BCUT2D eigenvalue weighted by Crippen LogP contribution is -2.29. The average molecular weight is 369 g/mol. The van der Waals surface area contributed by atoms with E-state index in [2.05, 4.69) is 31.2 Å². The van der Waals surface area contributed by atoms with Gasteiger partial charge in [-0.3, -0.25) is 10.1 Å². The van der Waals surface area contributed by atoms with Gasteiger partial charge in [0.2, 0.25) is 6.41 Å². The van der Waals surface area contributed by atoms with Crippen LogP contribution in [0, 0.1) is 0 Å². The molecule has 1 aromatic heterocycles. The summed E-state index contributed by atoms with van der Waals surface area (Å²) in [7, 11) is 0. The van der Waals surface area contributed by atoms with Gasteiger partial charge < -0.3 is 5.73 Å². The number of guanidine groups is 1. The Morgan fingerprint density at radius 2 is 1.91 bits per heavy atom. The van der Waals surface area contributed by atoms with E-state index < -0.39 is 0 Å². The average Bonchev–Trinajstić information content (AvgIpc) is 2.55. The molecule has 3 N–H and O–H groups in total. The Hall–Kier alpha value is -2.73. The number of aromatic nitrogens is 1. The fraction of sp³-hybridized carbons (Fsp3) is 0. The highest BCUT2D eigenvalue weighted by molar-refractivity contribution is 9.10. The van der Waals surface area contributed by atoms with E-state index in [4.69, 9.17) is 5.73 Å². The molecule has 2 aromatic carbocycles. The lowest BCUT2D eigenvalue weighted by molar-refractivity contribution is -0.108. The van der Waals surface area contributed by atoms with Crippen molar-refractivity contribution in [1.29, 1.82) is 0 Å². The van der Waals surface area contributed by atoms with Crippen molar-refractivity contribution in [1.82, 2.24) is 10.3 Å². The Morgan fingerprint density at radius 3 is 2.65 bits per heavy atom. The third kappa shape index (κ3) is 3.37. The van der Waals surface area contributed by atoms with E-state index >= 15 is 0 Å². The van der Waals surface area contributed by atoms with E-state index in [1.54, 1.807) is 0 Å². The first-order chi connectivity index (χ1) is 11.2. The van der Waals surface area contributed by atoms with Crippen LogP contribution in [-0.4, -0.2) is 17.4 Å². The highest BCUT2D eigenvalue weighted by atomic mass is 79.9. The molecule has 3 rings (SSSR count). The van der Waals surface area contributed by atoms with E-state index in [1.807, 2.05) is 54.6 Å². The van der Waals surface area contributed by atoms with Crippen LogP contribution in [-0.2, 0) is 4.79 Å². The molecule has 0 saturated heterocycles.